The first kappa shape index (κ1) is 14.4. The number of rotatable bonds is 2. The fraction of sp³-hybridized carbons (Fsp3) is 0.333. The molecule has 0 amide bonds. The molecule has 4 aromatic rings. The summed E-state index contributed by atoms with van der Waals surface area (Å²) in [5.74, 6) is 2.31. The van der Waals surface area contributed by atoms with E-state index in [0.717, 1.165) is 47.6 Å². The molecule has 0 bridgehead atoms. The van der Waals surface area contributed by atoms with Crippen molar-refractivity contribution in [3.8, 4) is 0 Å². The second-order valence-corrected chi connectivity index (χ2v) is 6.73. The summed E-state index contributed by atoms with van der Waals surface area (Å²) in [7, 11) is 1.97. The van der Waals surface area contributed by atoms with Crippen LogP contribution in [0.4, 0.5) is 5.82 Å². The van der Waals surface area contributed by atoms with E-state index in [0.29, 0.717) is 5.92 Å². The van der Waals surface area contributed by atoms with Crippen molar-refractivity contribution < 1.29 is 0 Å². The summed E-state index contributed by atoms with van der Waals surface area (Å²) < 4.78 is 3.73. The van der Waals surface area contributed by atoms with Gasteiger partial charge >= 0.3 is 0 Å². The Labute approximate surface area is 144 Å². The molecule has 25 heavy (non-hydrogen) atoms. The molecule has 0 spiro atoms. The van der Waals surface area contributed by atoms with Gasteiger partial charge in [-0.1, -0.05) is 24.3 Å². The van der Waals surface area contributed by atoms with E-state index in [2.05, 4.69) is 44.6 Å². The van der Waals surface area contributed by atoms with Crippen molar-refractivity contribution in [1.29, 1.82) is 0 Å². The van der Waals surface area contributed by atoms with Crippen molar-refractivity contribution in [2.45, 2.75) is 19.3 Å². The van der Waals surface area contributed by atoms with Gasteiger partial charge in [-0.05, 0) is 18.9 Å². The molecule has 5 rings (SSSR count). The third-order valence-corrected chi connectivity index (χ3v) is 5.08. The molecule has 7 nitrogen and oxygen atoms in total. The van der Waals surface area contributed by atoms with E-state index in [1.54, 1.807) is 0 Å². The van der Waals surface area contributed by atoms with Gasteiger partial charge < -0.3 is 4.90 Å². The minimum atomic E-state index is 0.493. The molecule has 1 aliphatic heterocycles. The average molecular weight is 333 g/mol. The zero-order chi connectivity index (χ0) is 17.0. The van der Waals surface area contributed by atoms with E-state index in [-0.39, 0.29) is 0 Å². The number of nitrogens with zero attached hydrogens (tertiary/aromatic N) is 7. The maximum absolute atomic E-state index is 4.87. The molecule has 4 heterocycles. The molecule has 1 unspecified atom stereocenters. The van der Waals surface area contributed by atoms with Crippen LogP contribution in [0.2, 0.25) is 0 Å². The lowest BCUT2D eigenvalue weighted by Crippen LogP contribution is -2.22. The minimum absolute atomic E-state index is 0.493. The molecule has 7 heteroatoms. The Bertz CT molecular complexity index is 1080. The number of hydrogen-bond donors (Lipinski definition) is 0. The van der Waals surface area contributed by atoms with Crippen LogP contribution in [0.5, 0.6) is 0 Å². The van der Waals surface area contributed by atoms with Crippen LogP contribution in [0.1, 0.15) is 23.7 Å². The van der Waals surface area contributed by atoms with Crippen molar-refractivity contribution in [1.82, 2.24) is 29.6 Å². The van der Waals surface area contributed by atoms with E-state index >= 15 is 0 Å². The first-order valence-electron chi connectivity index (χ1n) is 8.55. The fourth-order valence-corrected chi connectivity index (χ4v) is 3.78. The highest BCUT2D eigenvalue weighted by Gasteiger charge is 2.27. The molecule has 1 fully saturated rings. The first-order chi connectivity index (χ1) is 12.2. The van der Waals surface area contributed by atoms with E-state index in [1.807, 2.05) is 35.4 Å². The van der Waals surface area contributed by atoms with Crippen molar-refractivity contribution in [3.63, 3.8) is 0 Å². The molecule has 1 aromatic carbocycles. The molecule has 1 aliphatic rings. The van der Waals surface area contributed by atoms with Gasteiger partial charge in [-0.2, -0.15) is 9.61 Å². The standard InChI is InChI=1S/C18H19N7/c1-12-20-21-17-15-5-3-4-6-16(15)18(22-25(12)17)24-8-7-13(11-24)14-9-19-23(2)10-14/h3-6,9-10,13H,7-8,11H2,1-2H3. The summed E-state index contributed by atoms with van der Waals surface area (Å²) >= 11 is 0. The lowest BCUT2D eigenvalue weighted by molar-refractivity contribution is 0.753. The number of aromatic nitrogens is 6. The Morgan fingerprint density at radius 2 is 1.96 bits per heavy atom. The molecular formula is C18H19N7. The monoisotopic (exact) mass is 333 g/mol. The highest BCUT2D eigenvalue weighted by Crippen LogP contribution is 2.34. The number of anilines is 1. The topological polar surface area (TPSA) is 64.1 Å². The van der Waals surface area contributed by atoms with Crippen LogP contribution in [0.25, 0.3) is 16.4 Å². The van der Waals surface area contributed by atoms with Gasteiger partial charge in [-0.15, -0.1) is 15.3 Å². The number of hydrogen-bond acceptors (Lipinski definition) is 5. The van der Waals surface area contributed by atoms with E-state index < -0.39 is 0 Å². The fourth-order valence-electron chi connectivity index (χ4n) is 3.78. The second-order valence-electron chi connectivity index (χ2n) is 6.73. The maximum atomic E-state index is 4.87. The lowest BCUT2D eigenvalue weighted by atomic mass is 10.0. The Morgan fingerprint density at radius 1 is 1.12 bits per heavy atom. The largest absolute Gasteiger partial charge is 0.354 e. The van der Waals surface area contributed by atoms with Crippen LogP contribution in [-0.2, 0) is 7.05 Å². The van der Waals surface area contributed by atoms with Crippen molar-refractivity contribution >= 4 is 22.2 Å². The summed E-state index contributed by atoms with van der Waals surface area (Å²) in [4.78, 5) is 2.37. The highest BCUT2D eigenvalue weighted by atomic mass is 15.4. The zero-order valence-electron chi connectivity index (χ0n) is 14.3. The van der Waals surface area contributed by atoms with Crippen LogP contribution in [-0.4, -0.2) is 42.7 Å². The molecule has 0 radical (unpaired) electrons. The van der Waals surface area contributed by atoms with Crippen LogP contribution in [0, 0.1) is 6.92 Å². The normalized spacial score (nSPS) is 17.8. The molecule has 1 saturated heterocycles. The van der Waals surface area contributed by atoms with Crippen molar-refractivity contribution in [2.24, 2.45) is 7.05 Å². The SMILES string of the molecule is Cc1nnc2c3ccccc3c(N3CCC(c4cnn(C)c4)C3)nn12. The van der Waals surface area contributed by atoms with Gasteiger partial charge in [-0.3, -0.25) is 4.68 Å². The Morgan fingerprint density at radius 3 is 2.76 bits per heavy atom. The number of benzene rings is 1. The predicted molar refractivity (Wildman–Crippen MR) is 95.8 cm³/mol. The highest BCUT2D eigenvalue weighted by molar-refractivity contribution is 6.00. The second kappa shape index (κ2) is 5.27. The van der Waals surface area contributed by atoms with Gasteiger partial charge in [0.15, 0.2) is 17.3 Å². The van der Waals surface area contributed by atoms with Crippen LogP contribution in [0.3, 0.4) is 0 Å². The summed E-state index contributed by atoms with van der Waals surface area (Å²) in [5, 5.41) is 19.9. The Hall–Kier alpha value is -2.96. The molecule has 126 valence electrons. The van der Waals surface area contributed by atoms with Gasteiger partial charge in [0.1, 0.15) is 0 Å². The number of aryl methyl sites for hydroxylation is 2. The van der Waals surface area contributed by atoms with Crippen LogP contribution in [0.15, 0.2) is 36.7 Å². The Balaban J connectivity index is 1.61. The van der Waals surface area contributed by atoms with Crippen molar-refractivity contribution in [3.05, 3.63) is 48.0 Å². The molecule has 0 saturated carbocycles. The third-order valence-electron chi connectivity index (χ3n) is 5.08. The average Bonchev–Trinajstić information content (AvgIpc) is 3.34. The molecule has 0 aliphatic carbocycles. The first-order valence-corrected chi connectivity index (χ1v) is 8.55. The van der Waals surface area contributed by atoms with Crippen LogP contribution >= 0.6 is 0 Å². The molecular weight excluding hydrogens is 314 g/mol. The zero-order valence-corrected chi connectivity index (χ0v) is 14.3. The molecule has 1 atom stereocenters. The van der Waals surface area contributed by atoms with E-state index in [4.69, 9.17) is 5.10 Å². The quantitative estimate of drug-likeness (QED) is 0.563. The molecule has 0 N–H and O–H groups in total. The smallest absolute Gasteiger partial charge is 0.185 e. The molecule has 3 aromatic heterocycles. The van der Waals surface area contributed by atoms with Gasteiger partial charge in [0.25, 0.3) is 0 Å². The van der Waals surface area contributed by atoms with Gasteiger partial charge in [0.2, 0.25) is 0 Å². The van der Waals surface area contributed by atoms with Crippen LogP contribution < -0.4 is 4.90 Å². The summed E-state index contributed by atoms with van der Waals surface area (Å²) in [6, 6.07) is 8.32. The van der Waals surface area contributed by atoms with Crippen molar-refractivity contribution in [2.75, 3.05) is 18.0 Å². The summed E-state index contributed by atoms with van der Waals surface area (Å²) in [6.45, 7) is 3.88. The predicted octanol–water partition coefficient (Wildman–Crippen LogP) is 2.31. The van der Waals surface area contributed by atoms with Gasteiger partial charge in [0.05, 0.1) is 6.20 Å². The maximum Gasteiger partial charge on any atom is 0.185 e. The lowest BCUT2D eigenvalue weighted by Gasteiger charge is -2.19. The third kappa shape index (κ3) is 2.19. The number of fused-ring (bicyclic) bond motifs is 3. The van der Waals surface area contributed by atoms with E-state index in [1.165, 1.54) is 5.56 Å². The Kier molecular flexibility index (Phi) is 3.03. The van der Waals surface area contributed by atoms with Gasteiger partial charge in [-0.25, -0.2) is 0 Å². The van der Waals surface area contributed by atoms with E-state index in [9.17, 15) is 0 Å². The summed E-state index contributed by atoms with van der Waals surface area (Å²) in [5.41, 5.74) is 2.12. The summed E-state index contributed by atoms with van der Waals surface area (Å²) in [6.07, 6.45) is 5.21. The minimum Gasteiger partial charge on any atom is -0.354 e. The van der Waals surface area contributed by atoms with Gasteiger partial charge in [0, 0.05) is 43.0 Å².